The minimum Gasteiger partial charge on any atom is -0.495 e. The Morgan fingerprint density at radius 2 is 2.14 bits per heavy atom. The van der Waals surface area contributed by atoms with Gasteiger partial charge < -0.3 is 10.5 Å². The number of rotatable bonds is 2. The minimum absolute atomic E-state index is 0.186. The first-order valence-corrected chi connectivity index (χ1v) is 5.04. The van der Waals surface area contributed by atoms with Crippen LogP contribution in [0.1, 0.15) is 31.2 Å². The summed E-state index contributed by atoms with van der Waals surface area (Å²) in [6, 6.07) is 1.98. The highest BCUT2D eigenvalue weighted by atomic mass is 16.5. The molecule has 0 spiro atoms. The highest BCUT2D eigenvalue weighted by Gasteiger charge is 2.33. The Hall–Kier alpha value is -1.09. The zero-order chi connectivity index (χ0) is 10.0. The molecule has 0 amide bonds. The number of aromatic nitrogens is 1. The number of nitrogens with two attached hydrogens (primary N) is 1. The number of pyridine rings is 1. The van der Waals surface area contributed by atoms with E-state index < -0.39 is 0 Å². The van der Waals surface area contributed by atoms with E-state index in [-0.39, 0.29) is 5.54 Å². The first-order chi connectivity index (χ1) is 6.76. The van der Waals surface area contributed by atoms with E-state index in [1.807, 2.05) is 6.07 Å². The van der Waals surface area contributed by atoms with Crippen LogP contribution in [0.25, 0.3) is 0 Å². The molecule has 2 N–H and O–H groups in total. The van der Waals surface area contributed by atoms with E-state index in [9.17, 15) is 0 Å². The lowest BCUT2D eigenvalue weighted by Crippen LogP contribution is -2.33. The fourth-order valence-corrected chi connectivity index (χ4v) is 2.23. The van der Waals surface area contributed by atoms with Crippen LogP contribution < -0.4 is 10.5 Å². The Morgan fingerprint density at radius 3 is 2.79 bits per heavy atom. The molecule has 76 valence electrons. The lowest BCUT2D eigenvalue weighted by atomic mass is 9.89. The quantitative estimate of drug-likeness (QED) is 0.777. The van der Waals surface area contributed by atoms with Crippen LogP contribution >= 0.6 is 0 Å². The van der Waals surface area contributed by atoms with Crippen LogP contribution in [0.5, 0.6) is 5.75 Å². The molecule has 1 aromatic heterocycles. The molecule has 0 atom stereocenters. The Bertz CT molecular complexity index is 319. The van der Waals surface area contributed by atoms with Gasteiger partial charge in [-0.05, 0) is 18.9 Å². The molecule has 1 saturated carbocycles. The third-order valence-electron chi connectivity index (χ3n) is 3.04. The van der Waals surface area contributed by atoms with Crippen molar-refractivity contribution in [2.24, 2.45) is 5.73 Å². The fourth-order valence-electron chi connectivity index (χ4n) is 2.23. The first-order valence-electron chi connectivity index (χ1n) is 5.04. The van der Waals surface area contributed by atoms with Crippen LogP contribution in [-0.4, -0.2) is 12.1 Å². The standard InChI is InChI=1S/C11H16N2O/c1-14-10-8-13-7-4-9(10)11(12)5-2-3-6-11/h4,7-8H,2-3,5-6,12H2,1H3. The van der Waals surface area contributed by atoms with Gasteiger partial charge in [0.15, 0.2) is 0 Å². The topological polar surface area (TPSA) is 48.1 Å². The summed E-state index contributed by atoms with van der Waals surface area (Å²) >= 11 is 0. The molecular weight excluding hydrogens is 176 g/mol. The van der Waals surface area contributed by atoms with Gasteiger partial charge in [-0.2, -0.15) is 0 Å². The van der Waals surface area contributed by atoms with E-state index in [2.05, 4.69) is 4.98 Å². The van der Waals surface area contributed by atoms with Crippen molar-refractivity contribution in [3.63, 3.8) is 0 Å². The predicted octanol–water partition coefficient (Wildman–Crippen LogP) is 1.82. The molecule has 3 nitrogen and oxygen atoms in total. The molecule has 0 bridgehead atoms. The van der Waals surface area contributed by atoms with Gasteiger partial charge in [-0.3, -0.25) is 4.98 Å². The maximum atomic E-state index is 6.35. The summed E-state index contributed by atoms with van der Waals surface area (Å²) in [5.41, 5.74) is 7.27. The number of hydrogen-bond donors (Lipinski definition) is 1. The van der Waals surface area contributed by atoms with Crippen molar-refractivity contribution in [2.45, 2.75) is 31.2 Å². The second-order valence-electron chi connectivity index (χ2n) is 3.94. The van der Waals surface area contributed by atoms with Crippen molar-refractivity contribution in [1.82, 2.24) is 4.98 Å². The van der Waals surface area contributed by atoms with Gasteiger partial charge in [0, 0.05) is 17.3 Å². The lowest BCUT2D eigenvalue weighted by molar-refractivity contribution is 0.377. The summed E-state index contributed by atoms with van der Waals surface area (Å²) in [7, 11) is 1.67. The second-order valence-corrected chi connectivity index (χ2v) is 3.94. The Balaban J connectivity index is 2.39. The minimum atomic E-state index is -0.186. The predicted molar refractivity (Wildman–Crippen MR) is 55.1 cm³/mol. The van der Waals surface area contributed by atoms with Gasteiger partial charge in [0.25, 0.3) is 0 Å². The van der Waals surface area contributed by atoms with E-state index in [0.29, 0.717) is 0 Å². The normalized spacial score (nSPS) is 19.6. The van der Waals surface area contributed by atoms with E-state index in [1.165, 1.54) is 12.8 Å². The first kappa shape index (κ1) is 9.46. The van der Waals surface area contributed by atoms with Gasteiger partial charge in [0.05, 0.1) is 13.3 Å². The summed E-state index contributed by atoms with van der Waals surface area (Å²) in [6.45, 7) is 0. The van der Waals surface area contributed by atoms with Crippen LogP contribution in [-0.2, 0) is 5.54 Å². The lowest BCUT2D eigenvalue weighted by Gasteiger charge is -2.25. The van der Waals surface area contributed by atoms with E-state index in [0.717, 1.165) is 24.2 Å². The molecule has 0 radical (unpaired) electrons. The van der Waals surface area contributed by atoms with Crippen molar-refractivity contribution in [1.29, 1.82) is 0 Å². The largest absolute Gasteiger partial charge is 0.495 e. The number of ether oxygens (including phenoxy) is 1. The molecule has 14 heavy (non-hydrogen) atoms. The van der Waals surface area contributed by atoms with Gasteiger partial charge in [0.2, 0.25) is 0 Å². The molecule has 0 aromatic carbocycles. The average molecular weight is 192 g/mol. The zero-order valence-electron chi connectivity index (χ0n) is 8.49. The molecule has 0 saturated heterocycles. The number of methoxy groups -OCH3 is 1. The summed E-state index contributed by atoms with van der Waals surface area (Å²) < 4.78 is 5.28. The van der Waals surface area contributed by atoms with Gasteiger partial charge in [0.1, 0.15) is 5.75 Å². The Morgan fingerprint density at radius 1 is 1.43 bits per heavy atom. The van der Waals surface area contributed by atoms with Crippen LogP contribution in [0, 0.1) is 0 Å². The average Bonchev–Trinajstić information content (AvgIpc) is 2.66. The molecule has 2 rings (SSSR count). The van der Waals surface area contributed by atoms with Crippen molar-refractivity contribution >= 4 is 0 Å². The van der Waals surface area contributed by atoms with E-state index >= 15 is 0 Å². The monoisotopic (exact) mass is 192 g/mol. The molecule has 0 aliphatic heterocycles. The van der Waals surface area contributed by atoms with Gasteiger partial charge >= 0.3 is 0 Å². The van der Waals surface area contributed by atoms with Crippen molar-refractivity contribution in [2.75, 3.05) is 7.11 Å². The summed E-state index contributed by atoms with van der Waals surface area (Å²) in [6.07, 6.45) is 8.04. The molecule has 1 aliphatic rings. The summed E-state index contributed by atoms with van der Waals surface area (Å²) in [5, 5.41) is 0. The van der Waals surface area contributed by atoms with E-state index in [1.54, 1.807) is 19.5 Å². The maximum Gasteiger partial charge on any atom is 0.142 e. The van der Waals surface area contributed by atoms with Crippen molar-refractivity contribution < 1.29 is 4.74 Å². The summed E-state index contributed by atoms with van der Waals surface area (Å²) in [5.74, 6) is 0.817. The molecule has 1 aliphatic carbocycles. The molecule has 3 heteroatoms. The van der Waals surface area contributed by atoms with Gasteiger partial charge in [-0.1, -0.05) is 12.8 Å². The third kappa shape index (κ3) is 1.48. The SMILES string of the molecule is COc1cnccc1C1(N)CCCC1. The number of hydrogen-bond acceptors (Lipinski definition) is 3. The van der Waals surface area contributed by atoms with Crippen LogP contribution in [0.15, 0.2) is 18.5 Å². The Kier molecular flexibility index (Phi) is 2.42. The van der Waals surface area contributed by atoms with Crippen LogP contribution in [0.2, 0.25) is 0 Å². The summed E-state index contributed by atoms with van der Waals surface area (Å²) in [4.78, 5) is 4.04. The Labute approximate surface area is 84.3 Å². The smallest absolute Gasteiger partial charge is 0.142 e. The third-order valence-corrected chi connectivity index (χ3v) is 3.04. The molecule has 0 unspecified atom stereocenters. The van der Waals surface area contributed by atoms with E-state index in [4.69, 9.17) is 10.5 Å². The highest BCUT2D eigenvalue weighted by Crippen LogP contribution is 2.39. The second kappa shape index (κ2) is 3.58. The highest BCUT2D eigenvalue weighted by molar-refractivity contribution is 5.36. The molecular formula is C11H16N2O. The van der Waals surface area contributed by atoms with Crippen molar-refractivity contribution in [3.05, 3.63) is 24.0 Å². The van der Waals surface area contributed by atoms with Crippen LogP contribution in [0.3, 0.4) is 0 Å². The molecule has 1 heterocycles. The zero-order valence-corrected chi connectivity index (χ0v) is 8.49. The fraction of sp³-hybridized carbons (Fsp3) is 0.545. The van der Waals surface area contributed by atoms with Crippen molar-refractivity contribution in [3.8, 4) is 5.75 Å². The maximum absolute atomic E-state index is 6.35. The number of nitrogens with zero attached hydrogens (tertiary/aromatic N) is 1. The molecule has 1 aromatic rings. The van der Waals surface area contributed by atoms with Gasteiger partial charge in [-0.15, -0.1) is 0 Å². The van der Waals surface area contributed by atoms with Gasteiger partial charge in [-0.25, -0.2) is 0 Å². The molecule has 1 fully saturated rings. The van der Waals surface area contributed by atoms with Crippen LogP contribution in [0.4, 0.5) is 0 Å².